The van der Waals surface area contributed by atoms with Gasteiger partial charge < -0.3 is 16.2 Å². The topological polar surface area (TPSA) is 104 Å². The number of para-hydroxylation sites is 1. The van der Waals surface area contributed by atoms with Crippen molar-refractivity contribution >= 4 is 22.5 Å². The Balaban J connectivity index is 2.06. The fraction of sp³-hybridized carbons (Fsp3) is 0. The first-order chi connectivity index (χ1) is 10.1. The van der Waals surface area contributed by atoms with Gasteiger partial charge in [0.05, 0.1) is 5.69 Å². The highest BCUT2D eigenvalue weighted by Gasteiger charge is 2.11. The van der Waals surface area contributed by atoms with Gasteiger partial charge in [-0.25, -0.2) is 4.98 Å². The average molecular weight is 280 g/mol. The Labute approximate surface area is 120 Å². The van der Waals surface area contributed by atoms with Crippen LogP contribution in [0.5, 0.6) is 11.6 Å². The van der Waals surface area contributed by atoms with Gasteiger partial charge in [-0.15, -0.1) is 0 Å². The molecule has 6 nitrogen and oxygen atoms in total. The standard InChI is InChI=1S/C15H12N4O2/c16-10-6-7-11(14(17)20)19-15(10)21-12-5-1-3-9-4-2-8-18-13(9)12/h1-8H,16H2,(H2,17,20). The minimum atomic E-state index is -0.643. The lowest BCUT2D eigenvalue weighted by atomic mass is 10.2. The number of ether oxygens (including phenoxy) is 1. The van der Waals surface area contributed by atoms with Gasteiger partial charge in [0.2, 0.25) is 5.88 Å². The number of nitrogens with two attached hydrogens (primary N) is 2. The first kappa shape index (κ1) is 12.9. The molecule has 0 atom stereocenters. The van der Waals surface area contributed by atoms with Crippen LogP contribution in [-0.2, 0) is 0 Å². The van der Waals surface area contributed by atoms with Crippen LogP contribution in [0.4, 0.5) is 5.69 Å². The van der Waals surface area contributed by atoms with Gasteiger partial charge in [-0.05, 0) is 24.3 Å². The van der Waals surface area contributed by atoms with Crippen molar-refractivity contribution < 1.29 is 9.53 Å². The molecule has 0 unspecified atom stereocenters. The fourth-order valence-corrected chi connectivity index (χ4v) is 1.93. The van der Waals surface area contributed by atoms with Gasteiger partial charge >= 0.3 is 0 Å². The second-order valence-corrected chi connectivity index (χ2v) is 4.39. The second kappa shape index (κ2) is 5.09. The van der Waals surface area contributed by atoms with Crippen LogP contribution in [0.2, 0.25) is 0 Å². The number of primary amides is 1. The summed E-state index contributed by atoms with van der Waals surface area (Å²) in [5.74, 6) is -0.00531. The number of rotatable bonds is 3. The van der Waals surface area contributed by atoms with Crippen LogP contribution in [-0.4, -0.2) is 15.9 Å². The summed E-state index contributed by atoms with van der Waals surface area (Å²) >= 11 is 0. The molecule has 0 saturated heterocycles. The number of nitrogen functional groups attached to an aromatic ring is 1. The zero-order valence-electron chi connectivity index (χ0n) is 11.0. The Morgan fingerprint density at radius 2 is 1.90 bits per heavy atom. The third kappa shape index (κ3) is 2.46. The molecule has 0 spiro atoms. The number of carbonyl (C=O) groups excluding carboxylic acids is 1. The molecule has 21 heavy (non-hydrogen) atoms. The maximum atomic E-state index is 11.2. The predicted molar refractivity (Wildman–Crippen MR) is 79.0 cm³/mol. The molecule has 3 aromatic rings. The van der Waals surface area contributed by atoms with Crippen LogP contribution in [0.15, 0.2) is 48.7 Å². The van der Waals surface area contributed by atoms with Crippen LogP contribution < -0.4 is 16.2 Å². The van der Waals surface area contributed by atoms with Crippen molar-refractivity contribution in [1.29, 1.82) is 0 Å². The molecule has 0 fully saturated rings. The number of nitrogens with zero attached hydrogens (tertiary/aromatic N) is 2. The Morgan fingerprint density at radius 1 is 1.10 bits per heavy atom. The van der Waals surface area contributed by atoms with Crippen LogP contribution >= 0.6 is 0 Å². The van der Waals surface area contributed by atoms with Crippen LogP contribution in [0.1, 0.15) is 10.5 Å². The van der Waals surface area contributed by atoms with Crippen molar-refractivity contribution in [2.75, 3.05) is 5.73 Å². The van der Waals surface area contributed by atoms with Crippen LogP contribution in [0.25, 0.3) is 10.9 Å². The third-order valence-electron chi connectivity index (χ3n) is 2.94. The maximum absolute atomic E-state index is 11.2. The normalized spacial score (nSPS) is 10.5. The number of aromatic nitrogens is 2. The summed E-state index contributed by atoms with van der Waals surface area (Å²) in [6.45, 7) is 0. The molecule has 2 aromatic heterocycles. The average Bonchev–Trinajstić information content (AvgIpc) is 2.49. The predicted octanol–water partition coefficient (Wildman–Crippen LogP) is 2.10. The van der Waals surface area contributed by atoms with E-state index in [1.165, 1.54) is 12.1 Å². The molecule has 6 heteroatoms. The number of fused-ring (bicyclic) bond motifs is 1. The zero-order valence-corrected chi connectivity index (χ0v) is 11.0. The van der Waals surface area contributed by atoms with Gasteiger partial charge in [-0.1, -0.05) is 18.2 Å². The Bertz CT molecular complexity index is 828. The highest BCUT2D eigenvalue weighted by atomic mass is 16.5. The van der Waals surface area contributed by atoms with Crippen molar-refractivity contribution in [3.05, 3.63) is 54.4 Å². The number of hydrogen-bond donors (Lipinski definition) is 2. The first-order valence-electron chi connectivity index (χ1n) is 6.23. The summed E-state index contributed by atoms with van der Waals surface area (Å²) in [4.78, 5) is 19.5. The summed E-state index contributed by atoms with van der Waals surface area (Å²) in [6.07, 6.45) is 1.67. The van der Waals surface area contributed by atoms with Crippen molar-refractivity contribution in [2.24, 2.45) is 5.73 Å². The van der Waals surface area contributed by atoms with Crippen molar-refractivity contribution in [3.8, 4) is 11.6 Å². The molecular weight excluding hydrogens is 268 g/mol. The maximum Gasteiger partial charge on any atom is 0.267 e. The van der Waals surface area contributed by atoms with E-state index >= 15 is 0 Å². The molecule has 0 radical (unpaired) electrons. The molecule has 3 rings (SSSR count). The molecule has 2 heterocycles. The van der Waals surface area contributed by atoms with Crippen LogP contribution in [0, 0.1) is 0 Å². The van der Waals surface area contributed by atoms with Crippen molar-refractivity contribution in [2.45, 2.75) is 0 Å². The molecule has 0 bridgehead atoms. The molecule has 1 amide bonds. The fourth-order valence-electron chi connectivity index (χ4n) is 1.93. The minimum absolute atomic E-state index is 0.0902. The Morgan fingerprint density at radius 3 is 2.71 bits per heavy atom. The van der Waals surface area contributed by atoms with Crippen LogP contribution in [0.3, 0.4) is 0 Å². The van der Waals surface area contributed by atoms with E-state index in [2.05, 4.69) is 9.97 Å². The van der Waals surface area contributed by atoms with E-state index in [0.717, 1.165) is 5.39 Å². The lowest BCUT2D eigenvalue weighted by molar-refractivity contribution is 0.0995. The monoisotopic (exact) mass is 280 g/mol. The van der Waals surface area contributed by atoms with Gasteiger partial charge in [0, 0.05) is 11.6 Å². The SMILES string of the molecule is NC(=O)c1ccc(N)c(Oc2cccc3cccnc23)n1. The number of hydrogen-bond acceptors (Lipinski definition) is 5. The van der Waals surface area contributed by atoms with Crippen molar-refractivity contribution in [1.82, 2.24) is 9.97 Å². The summed E-state index contributed by atoms with van der Waals surface area (Å²) in [5.41, 5.74) is 12.1. The Hall–Kier alpha value is -3.15. The molecule has 0 aliphatic carbocycles. The van der Waals surface area contributed by atoms with E-state index in [0.29, 0.717) is 17.0 Å². The van der Waals surface area contributed by atoms with Gasteiger partial charge in [-0.2, -0.15) is 0 Å². The summed E-state index contributed by atoms with van der Waals surface area (Å²) < 4.78 is 5.71. The molecule has 1 aromatic carbocycles. The lowest BCUT2D eigenvalue weighted by Gasteiger charge is -2.10. The summed E-state index contributed by atoms with van der Waals surface area (Å²) in [5, 5.41) is 0.930. The minimum Gasteiger partial charge on any atom is -0.435 e. The van der Waals surface area contributed by atoms with E-state index in [1.807, 2.05) is 24.3 Å². The molecule has 0 aliphatic rings. The second-order valence-electron chi connectivity index (χ2n) is 4.39. The molecule has 0 saturated carbocycles. The van der Waals surface area contributed by atoms with E-state index in [4.69, 9.17) is 16.2 Å². The zero-order chi connectivity index (χ0) is 14.8. The van der Waals surface area contributed by atoms with Gasteiger partial charge in [0.15, 0.2) is 5.75 Å². The number of anilines is 1. The lowest BCUT2D eigenvalue weighted by Crippen LogP contribution is -2.13. The summed E-state index contributed by atoms with van der Waals surface area (Å²) in [6, 6.07) is 12.3. The van der Waals surface area contributed by atoms with E-state index < -0.39 is 5.91 Å². The first-order valence-corrected chi connectivity index (χ1v) is 6.23. The van der Waals surface area contributed by atoms with E-state index in [1.54, 1.807) is 12.3 Å². The van der Waals surface area contributed by atoms with Crippen molar-refractivity contribution in [3.63, 3.8) is 0 Å². The van der Waals surface area contributed by atoms with Gasteiger partial charge in [0.1, 0.15) is 11.2 Å². The molecule has 104 valence electrons. The van der Waals surface area contributed by atoms with E-state index in [-0.39, 0.29) is 11.6 Å². The number of benzene rings is 1. The van der Waals surface area contributed by atoms with Gasteiger partial charge in [0.25, 0.3) is 5.91 Å². The van der Waals surface area contributed by atoms with Gasteiger partial charge in [-0.3, -0.25) is 9.78 Å². The number of carbonyl (C=O) groups is 1. The molecule has 0 aliphatic heterocycles. The molecule has 4 N–H and O–H groups in total. The number of pyridine rings is 2. The third-order valence-corrected chi connectivity index (χ3v) is 2.94. The highest BCUT2D eigenvalue weighted by molar-refractivity contribution is 5.91. The smallest absolute Gasteiger partial charge is 0.267 e. The summed E-state index contributed by atoms with van der Waals surface area (Å²) in [7, 11) is 0. The highest BCUT2D eigenvalue weighted by Crippen LogP contribution is 2.30. The molecular formula is C15H12N4O2. The van der Waals surface area contributed by atoms with E-state index in [9.17, 15) is 4.79 Å². The quantitative estimate of drug-likeness (QED) is 0.764. The largest absolute Gasteiger partial charge is 0.435 e. The Kier molecular flexibility index (Phi) is 3.12. The number of amides is 1.